The molecule has 18 heavy (non-hydrogen) atoms. The molecule has 0 saturated carbocycles. The normalized spacial score (nSPS) is 26.8. The molecule has 0 bridgehead atoms. The Morgan fingerprint density at radius 1 is 1.28 bits per heavy atom. The third-order valence-electron chi connectivity index (χ3n) is 3.52. The molecular formula is C12H22N2O4. The monoisotopic (exact) mass is 258 g/mol. The highest BCUT2D eigenvalue weighted by molar-refractivity contribution is 5.73. The highest BCUT2D eigenvalue weighted by Gasteiger charge is 2.30. The summed E-state index contributed by atoms with van der Waals surface area (Å²) in [5.41, 5.74) is -0.820. The Bertz CT molecular complexity index is 273. The first-order valence-corrected chi connectivity index (χ1v) is 6.61. The molecule has 0 radical (unpaired) electrons. The van der Waals surface area contributed by atoms with Gasteiger partial charge in [0.05, 0.1) is 11.7 Å². The number of rotatable bonds is 4. The van der Waals surface area contributed by atoms with Gasteiger partial charge in [0.1, 0.15) is 0 Å². The first kappa shape index (κ1) is 13.6. The van der Waals surface area contributed by atoms with Crippen molar-refractivity contribution in [2.24, 2.45) is 0 Å². The third kappa shape index (κ3) is 4.12. The molecule has 6 heteroatoms. The van der Waals surface area contributed by atoms with Crippen LogP contribution in [0, 0.1) is 0 Å². The van der Waals surface area contributed by atoms with Crippen LogP contribution in [0.5, 0.6) is 0 Å². The molecule has 0 aromatic rings. The first-order valence-electron chi connectivity index (χ1n) is 6.61. The minimum atomic E-state index is -0.820. The van der Waals surface area contributed by atoms with Crippen LogP contribution < -0.4 is 10.6 Å². The second kappa shape index (κ2) is 6.36. The second-order valence-corrected chi connectivity index (χ2v) is 5.04. The van der Waals surface area contributed by atoms with Crippen LogP contribution in [-0.4, -0.2) is 55.8 Å². The van der Waals surface area contributed by atoms with Crippen molar-refractivity contribution < 1.29 is 19.4 Å². The molecular weight excluding hydrogens is 236 g/mol. The van der Waals surface area contributed by atoms with Crippen LogP contribution in [0.2, 0.25) is 0 Å². The maximum atomic E-state index is 11.6. The standard InChI is InChI=1S/C12H22N2O4/c15-11(13-8-10-2-1-5-18-10)14-9-12(16)3-6-17-7-4-12/h10,16H,1-9H2,(H2,13,14,15). The Kier molecular flexibility index (Phi) is 4.79. The number of ether oxygens (including phenoxy) is 2. The number of nitrogens with one attached hydrogen (secondary N) is 2. The van der Waals surface area contributed by atoms with Gasteiger partial charge in [-0.1, -0.05) is 0 Å². The van der Waals surface area contributed by atoms with E-state index in [-0.39, 0.29) is 18.7 Å². The van der Waals surface area contributed by atoms with Crippen molar-refractivity contribution in [1.82, 2.24) is 10.6 Å². The number of amides is 2. The fourth-order valence-corrected chi connectivity index (χ4v) is 2.25. The van der Waals surface area contributed by atoms with Crippen molar-refractivity contribution in [3.05, 3.63) is 0 Å². The number of hydrogen-bond acceptors (Lipinski definition) is 4. The summed E-state index contributed by atoms with van der Waals surface area (Å²) >= 11 is 0. The van der Waals surface area contributed by atoms with Gasteiger partial charge in [0.15, 0.2) is 0 Å². The van der Waals surface area contributed by atoms with Crippen molar-refractivity contribution in [3.8, 4) is 0 Å². The van der Waals surface area contributed by atoms with Crippen LogP contribution in [-0.2, 0) is 9.47 Å². The van der Waals surface area contributed by atoms with Gasteiger partial charge in [-0.25, -0.2) is 4.79 Å². The van der Waals surface area contributed by atoms with Gasteiger partial charge >= 0.3 is 6.03 Å². The Balaban J connectivity index is 1.61. The molecule has 2 amide bonds. The van der Waals surface area contributed by atoms with Gasteiger partial charge in [0, 0.05) is 45.8 Å². The Labute approximate surface area is 107 Å². The molecule has 0 spiro atoms. The van der Waals surface area contributed by atoms with Gasteiger partial charge in [-0.3, -0.25) is 0 Å². The largest absolute Gasteiger partial charge is 0.388 e. The minimum absolute atomic E-state index is 0.141. The summed E-state index contributed by atoms with van der Waals surface area (Å²) in [5, 5.41) is 15.6. The number of hydrogen-bond donors (Lipinski definition) is 3. The van der Waals surface area contributed by atoms with Crippen LogP contribution in [0.15, 0.2) is 0 Å². The van der Waals surface area contributed by atoms with Gasteiger partial charge in [-0.2, -0.15) is 0 Å². The lowest BCUT2D eigenvalue weighted by Crippen LogP contribution is -2.49. The third-order valence-corrected chi connectivity index (χ3v) is 3.52. The molecule has 0 aromatic carbocycles. The van der Waals surface area contributed by atoms with E-state index in [1.807, 2.05) is 0 Å². The highest BCUT2D eigenvalue weighted by atomic mass is 16.5. The fraction of sp³-hybridized carbons (Fsp3) is 0.917. The molecule has 0 aromatic heterocycles. The predicted octanol–water partition coefficient (Wildman–Crippen LogP) is 0.00610. The lowest BCUT2D eigenvalue weighted by Gasteiger charge is -2.32. The number of urea groups is 1. The quantitative estimate of drug-likeness (QED) is 0.663. The van der Waals surface area contributed by atoms with Gasteiger partial charge in [-0.05, 0) is 12.8 Å². The van der Waals surface area contributed by atoms with Crippen LogP contribution in [0.25, 0.3) is 0 Å². The van der Waals surface area contributed by atoms with Crippen molar-refractivity contribution in [2.75, 3.05) is 32.9 Å². The van der Waals surface area contributed by atoms with Gasteiger partial charge < -0.3 is 25.2 Å². The highest BCUT2D eigenvalue weighted by Crippen LogP contribution is 2.19. The number of carbonyl (C=O) groups is 1. The zero-order valence-corrected chi connectivity index (χ0v) is 10.6. The van der Waals surface area contributed by atoms with E-state index < -0.39 is 5.60 Å². The van der Waals surface area contributed by atoms with Crippen LogP contribution in [0.1, 0.15) is 25.7 Å². The molecule has 2 rings (SSSR count). The van der Waals surface area contributed by atoms with E-state index in [0.29, 0.717) is 32.6 Å². The molecule has 2 aliphatic rings. The predicted molar refractivity (Wildman–Crippen MR) is 65.4 cm³/mol. The summed E-state index contributed by atoms with van der Waals surface area (Å²) in [6.07, 6.45) is 3.34. The molecule has 104 valence electrons. The van der Waals surface area contributed by atoms with E-state index in [2.05, 4.69) is 10.6 Å². The Morgan fingerprint density at radius 3 is 2.72 bits per heavy atom. The maximum absolute atomic E-state index is 11.6. The molecule has 0 aliphatic carbocycles. The van der Waals surface area contributed by atoms with Crippen molar-refractivity contribution in [3.63, 3.8) is 0 Å². The molecule has 2 heterocycles. The van der Waals surface area contributed by atoms with Crippen molar-refractivity contribution in [2.45, 2.75) is 37.4 Å². The molecule has 2 aliphatic heterocycles. The zero-order chi connectivity index (χ0) is 12.8. The van der Waals surface area contributed by atoms with E-state index >= 15 is 0 Å². The molecule has 2 fully saturated rings. The first-order chi connectivity index (χ1) is 8.68. The second-order valence-electron chi connectivity index (χ2n) is 5.04. The SMILES string of the molecule is O=C(NCC1CCCO1)NCC1(O)CCOCC1. The Morgan fingerprint density at radius 2 is 2.06 bits per heavy atom. The van der Waals surface area contributed by atoms with E-state index in [4.69, 9.17) is 9.47 Å². The molecule has 1 atom stereocenters. The van der Waals surface area contributed by atoms with Crippen LogP contribution in [0.3, 0.4) is 0 Å². The Hall–Kier alpha value is -0.850. The zero-order valence-electron chi connectivity index (χ0n) is 10.6. The van der Waals surface area contributed by atoms with Crippen molar-refractivity contribution >= 4 is 6.03 Å². The number of aliphatic hydroxyl groups is 1. The maximum Gasteiger partial charge on any atom is 0.314 e. The summed E-state index contributed by atoms with van der Waals surface area (Å²) in [7, 11) is 0. The molecule has 3 N–H and O–H groups in total. The van der Waals surface area contributed by atoms with Crippen LogP contribution >= 0.6 is 0 Å². The summed E-state index contributed by atoms with van der Waals surface area (Å²) in [4.78, 5) is 11.6. The summed E-state index contributed by atoms with van der Waals surface area (Å²) in [5.74, 6) is 0. The summed E-state index contributed by atoms with van der Waals surface area (Å²) in [6, 6.07) is -0.245. The fourth-order valence-electron chi connectivity index (χ4n) is 2.25. The summed E-state index contributed by atoms with van der Waals surface area (Å²) in [6.45, 7) is 2.69. The van der Waals surface area contributed by atoms with Crippen molar-refractivity contribution in [1.29, 1.82) is 0 Å². The van der Waals surface area contributed by atoms with E-state index in [1.54, 1.807) is 0 Å². The topological polar surface area (TPSA) is 79.8 Å². The van der Waals surface area contributed by atoms with Gasteiger partial charge in [0.25, 0.3) is 0 Å². The van der Waals surface area contributed by atoms with E-state index in [1.165, 1.54) is 0 Å². The molecule has 6 nitrogen and oxygen atoms in total. The van der Waals surface area contributed by atoms with E-state index in [9.17, 15) is 9.90 Å². The van der Waals surface area contributed by atoms with E-state index in [0.717, 1.165) is 19.4 Å². The number of carbonyl (C=O) groups excluding carboxylic acids is 1. The lowest BCUT2D eigenvalue weighted by atomic mass is 9.94. The van der Waals surface area contributed by atoms with Gasteiger partial charge in [0.2, 0.25) is 0 Å². The van der Waals surface area contributed by atoms with Crippen LogP contribution in [0.4, 0.5) is 4.79 Å². The average Bonchev–Trinajstić information content (AvgIpc) is 2.88. The lowest BCUT2D eigenvalue weighted by molar-refractivity contribution is -0.0600. The summed E-state index contributed by atoms with van der Waals surface area (Å²) < 4.78 is 10.6. The minimum Gasteiger partial charge on any atom is -0.388 e. The smallest absolute Gasteiger partial charge is 0.314 e. The molecule has 1 unspecified atom stereocenters. The molecule has 2 saturated heterocycles. The average molecular weight is 258 g/mol. The van der Waals surface area contributed by atoms with Gasteiger partial charge in [-0.15, -0.1) is 0 Å².